The third kappa shape index (κ3) is 2.10. The minimum atomic E-state index is 0.151. The normalized spacial score (nSPS) is 26.7. The molecule has 1 N–H and O–H groups in total. The molecule has 3 saturated heterocycles. The lowest BCUT2D eigenvalue weighted by atomic mass is 9.96. The molecule has 2 bridgehead atoms. The second kappa shape index (κ2) is 4.63. The highest BCUT2D eigenvalue weighted by atomic mass is 16.3. The zero-order valence-corrected chi connectivity index (χ0v) is 11.3. The predicted molar refractivity (Wildman–Crippen MR) is 76.1 cm³/mol. The summed E-state index contributed by atoms with van der Waals surface area (Å²) in [6.45, 7) is 2.56. The third-order valence-electron chi connectivity index (χ3n) is 4.39. The molecule has 1 amide bonds. The Morgan fingerprint density at radius 3 is 3.00 bits per heavy atom. The molecular weight excluding hydrogens is 252 g/mol. The van der Waals surface area contributed by atoms with E-state index in [-0.39, 0.29) is 11.8 Å². The molecule has 0 radical (unpaired) electrons. The van der Waals surface area contributed by atoms with Crippen LogP contribution in [0.25, 0.3) is 11.0 Å². The molecule has 2 aromatic rings. The van der Waals surface area contributed by atoms with Crippen molar-refractivity contribution in [1.82, 2.24) is 10.2 Å². The molecule has 0 spiro atoms. The van der Waals surface area contributed by atoms with Crippen LogP contribution in [0.15, 0.2) is 34.7 Å². The maximum absolute atomic E-state index is 11.9. The predicted octanol–water partition coefficient (Wildman–Crippen LogP) is 2.14. The van der Waals surface area contributed by atoms with E-state index in [0.29, 0.717) is 6.04 Å². The van der Waals surface area contributed by atoms with Gasteiger partial charge in [-0.3, -0.25) is 9.69 Å². The van der Waals surface area contributed by atoms with Crippen molar-refractivity contribution in [3.63, 3.8) is 0 Å². The largest absolute Gasteiger partial charge is 0.460 e. The summed E-state index contributed by atoms with van der Waals surface area (Å²) in [5.74, 6) is 1.37. The number of amides is 1. The van der Waals surface area contributed by atoms with Crippen molar-refractivity contribution in [3.8, 4) is 0 Å². The molecule has 1 aromatic carbocycles. The summed E-state index contributed by atoms with van der Waals surface area (Å²) in [4.78, 5) is 14.2. The Bertz CT molecular complexity index is 616. The molecule has 20 heavy (non-hydrogen) atoms. The SMILES string of the molecule is O=C1N[C@H]2CC[C@@H]1CN(Cc1cc3ccccc3o1)C2. The Labute approximate surface area is 117 Å². The summed E-state index contributed by atoms with van der Waals surface area (Å²) < 4.78 is 5.88. The smallest absolute Gasteiger partial charge is 0.224 e. The maximum Gasteiger partial charge on any atom is 0.224 e. The molecule has 4 heteroatoms. The quantitative estimate of drug-likeness (QED) is 0.909. The first kappa shape index (κ1) is 12.0. The van der Waals surface area contributed by atoms with E-state index in [1.807, 2.05) is 18.2 Å². The molecule has 3 fully saturated rings. The van der Waals surface area contributed by atoms with E-state index >= 15 is 0 Å². The summed E-state index contributed by atoms with van der Waals surface area (Å²) in [5.41, 5.74) is 0.939. The van der Waals surface area contributed by atoms with Gasteiger partial charge in [-0.05, 0) is 25.0 Å². The number of para-hydroxylation sites is 1. The number of nitrogens with one attached hydrogen (secondary N) is 1. The average Bonchev–Trinajstić information content (AvgIpc) is 2.65. The Kier molecular flexibility index (Phi) is 2.77. The number of hydrogen-bond donors (Lipinski definition) is 1. The first-order valence-corrected chi connectivity index (χ1v) is 7.28. The van der Waals surface area contributed by atoms with Crippen LogP contribution in [-0.4, -0.2) is 29.9 Å². The fourth-order valence-corrected chi connectivity index (χ4v) is 3.40. The van der Waals surface area contributed by atoms with Crippen LogP contribution in [0.4, 0.5) is 0 Å². The minimum Gasteiger partial charge on any atom is -0.460 e. The van der Waals surface area contributed by atoms with Gasteiger partial charge < -0.3 is 9.73 Å². The number of hydrogen-bond acceptors (Lipinski definition) is 3. The molecule has 3 aliphatic heterocycles. The highest BCUT2D eigenvalue weighted by Gasteiger charge is 2.34. The summed E-state index contributed by atoms with van der Waals surface area (Å²) >= 11 is 0. The first-order chi connectivity index (χ1) is 9.78. The minimum absolute atomic E-state index is 0.151. The van der Waals surface area contributed by atoms with Crippen LogP contribution < -0.4 is 5.32 Å². The highest BCUT2D eigenvalue weighted by Crippen LogP contribution is 2.25. The third-order valence-corrected chi connectivity index (χ3v) is 4.39. The van der Waals surface area contributed by atoms with Crippen LogP contribution in [0.5, 0.6) is 0 Å². The number of benzene rings is 1. The summed E-state index contributed by atoms with van der Waals surface area (Å²) in [6, 6.07) is 10.5. The van der Waals surface area contributed by atoms with E-state index in [1.165, 1.54) is 0 Å². The number of fused-ring (bicyclic) bond motifs is 5. The van der Waals surface area contributed by atoms with Gasteiger partial charge in [0.2, 0.25) is 5.91 Å². The van der Waals surface area contributed by atoms with Crippen molar-refractivity contribution in [2.24, 2.45) is 5.92 Å². The Morgan fingerprint density at radius 1 is 1.25 bits per heavy atom. The van der Waals surface area contributed by atoms with Crippen molar-refractivity contribution in [2.75, 3.05) is 13.1 Å². The van der Waals surface area contributed by atoms with E-state index in [4.69, 9.17) is 4.42 Å². The molecule has 5 rings (SSSR count). The fraction of sp³-hybridized carbons (Fsp3) is 0.438. The van der Waals surface area contributed by atoms with Crippen LogP contribution >= 0.6 is 0 Å². The lowest BCUT2D eigenvalue weighted by Crippen LogP contribution is -2.43. The molecule has 0 unspecified atom stereocenters. The number of carbonyl (C=O) groups excluding carboxylic acids is 1. The lowest BCUT2D eigenvalue weighted by Gasteiger charge is -2.22. The molecule has 1 aromatic heterocycles. The average molecular weight is 270 g/mol. The summed E-state index contributed by atoms with van der Waals surface area (Å²) in [5, 5.41) is 4.26. The van der Waals surface area contributed by atoms with Gasteiger partial charge in [-0.25, -0.2) is 0 Å². The van der Waals surface area contributed by atoms with Crippen molar-refractivity contribution >= 4 is 16.9 Å². The number of nitrogens with zero attached hydrogens (tertiary/aromatic N) is 1. The van der Waals surface area contributed by atoms with Crippen LogP contribution in [0.2, 0.25) is 0 Å². The van der Waals surface area contributed by atoms with Crippen LogP contribution in [0.1, 0.15) is 18.6 Å². The van der Waals surface area contributed by atoms with Crippen LogP contribution in [0, 0.1) is 5.92 Å². The second-order valence-corrected chi connectivity index (χ2v) is 5.92. The number of carbonyl (C=O) groups is 1. The van der Waals surface area contributed by atoms with Gasteiger partial charge >= 0.3 is 0 Å². The van der Waals surface area contributed by atoms with Gasteiger partial charge in [-0.15, -0.1) is 0 Å². The topological polar surface area (TPSA) is 45.5 Å². The zero-order valence-electron chi connectivity index (χ0n) is 11.3. The van der Waals surface area contributed by atoms with E-state index in [2.05, 4.69) is 22.3 Å². The van der Waals surface area contributed by atoms with Gasteiger partial charge in [0.1, 0.15) is 11.3 Å². The molecule has 0 saturated carbocycles. The van der Waals surface area contributed by atoms with E-state index in [1.54, 1.807) is 0 Å². The van der Waals surface area contributed by atoms with Gasteiger partial charge in [0.25, 0.3) is 0 Å². The molecule has 4 nitrogen and oxygen atoms in total. The standard InChI is InChI=1S/C16H18N2O2/c19-16-12-5-6-13(17-16)9-18(8-12)10-14-7-11-3-1-2-4-15(11)20-14/h1-4,7,12-13H,5-6,8-10H2,(H,17,19)/t12-,13+/m1/s1. The summed E-state index contributed by atoms with van der Waals surface area (Å²) in [7, 11) is 0. The van der Waals surface area contributed by atoms with Gasteiger partial charge in [0, 0.05) is 24.5 Å². The number of piperidine rings is 1. The molecule has 2 atom stereocenters. The Hall–Kier alpha value is -1.81. The van der Waals surface area contributed by atoms with Crippen LogP contribution in [0.3, 0.4) is 0 Å². The molecule has 4 heterocycles. The van der Waals surface area contributed by atoms with Crippen molar-refractivity contribution < 1.29 is 9.21 Å². The van der Waals surface area contributed by atoms with Gasteiger partial charge in [0.05, 0.1) is 12.5 Å². The van der Waals surface area contributed by atoms with Crippen LogP contribution in [-0.2, 0) is 11.3 Å². The van der Waals surface area contributed by atoms with Gasteiger partial charge in [-0.2, -0.15) is 0 Å². The molecule has 3 aliphatic rings. The Morgan fingerprint density at radius 2 is 2.15 bits per heavy atom. The first-order valence-electron chi connectivity index (χ1n) is 7.28. The fourth-order valence-electron chi connectivity index (χ4n) is 3.40. The number of furan rings is 1. The number of rotatable bonds is 2. The monoisotopic (exact) mass is 270 g/mol. The van der Waals surface area contributed by atoms with Crippen molar-refractivity contribution in [2.45, 2.75) is 25.4 Å². The van der Waals surface area contributed by atoms with Crippen molar-refractivity contribution in [1.29, 1.82) is 0 Å². The lowest BCUT2D eigenvalue weighted by molar-refractivity contribution is -0.126. The van der Waals surface area contributed by atoms with Crippen molar-refractivity contribution in [3.05, 3.63) is 36.1 Å². The second-order valence-electron chi connectivity index (χ2n) is 5.92. The van der Waals surface area contributed by atoms with E-state index in [9.17, 15) is 4.79 Å². The maximum atomic E-state index is 11.9. The summed E-state index contributed by atoms with van der Waals surface area (Å²) in [6.07, 6.45) is 2.13. The Balaban J connectivity index is 1.55. The molecule has 104 valence electrons. The van der Waals surface area contributed by atoms with E-state index in [0.717, 1.165) is 49.2 Å². The zero-order chi connectivity index (χ0) is 13.5. The van der Waals surface area contributed by atoms with Gasteiger partial charge in [0.15, 0.2) is 0 Å². The highest BCUT2D eigenvalue weighted by molar-refractivity contribution is 5.80. The van der Waals surface area contributed by atoms with E-state index < -0.39 is 0 Å². The molecule has 0 aliphatic carbocycles. The molecular formula is C16H18N2O2. The van der Waals surface area contributed by atoms with Gasteiger partial charge in [-0.1, -0.05) is 18.2 Å².